The lowest BCUT2D eigenvalue weighted by Gasteiger charge is -2.14. The molecular weight excluding hydrogens is 296 g/mol. The highest BCUT2D eigenvalue weighted by molar-refractivity contribution is 5.97. The molecule has 0 aromatic heterocycles. The summed E-state index contributed by atoms with van der Waals surface area (Å²) >= 11 is 0. The van der Waals surface area contributed by atoms with E-state index in [9.17, 15) is 14.4 Å². The number of carbonyl (C=O) groups is 3. The summed E-state index contributed by atoms with van der Waals surface area (Å²) in [7, 11) is 0. The van der Waals surface area contributed by atoms with E-state index >= 15 is 0 Å². The summed E-state index contributed by atoms with van der Waals surface area (Å²) in [5.74, 6) is -0.330. The molecular formula is C16H20N4O3. The Labute approximate surface area is 134 Å². The SMILES string of the molecule is NC(=O)NC(=O)CNc1ccccc1NC(=O)CC1C=CCC1. The average molecular weight is 316 g/mol. The van der Waals surface area contributed by atoms with E-state index in [1.165, 1.54) is 0 Å². The van der Waals surface area contributed by atoms with Crippen LogP contribution in [0.1, 0.15) is 19.3 Å². The molecule has 2 rings (SSSR count). The number of benzene rings is 1. The molecule has 0 saturated heterocycles. The number of allylic oxidation sites excluding steroid dienone is 2. The molecule has 1 aliphatic rings. The van der Waals surface area contributed by atoms with E-state index in [1.54, 1.807) is 24.3 Å². The molecule has 0 fully saturated rings. The third kappa shape index (κ3) is 5.46. The Hall–Kier alpha value is -2.83. The van der Waals surface area contributed by atoms with Crippen LogP contribution in [0, 0.1) is 5.92 Å². The maximum atomic E-state index is 12.1. The predicted molar refractivity (Wildman–Crippen MR) is 87.8 cm³/mol. The molecule has 7 heteroatoms. The molecule has 7 nitrogen and oxygen atoms in total. The summed E-state index contributed by atoms with van der Waals surface area (Å²) in [6, 6.07) is 6.16. The quantitative estimate of drug-likeness (QED) is 0.597. The molecule has 122 valence electrons. The molecule has 0 aliphatic heterocycles. The van der Waals surface area contributed by atoms with E-state index in [2.05, 4.69) is 22.8 Å². The number of hydrogen-bond acceptors (Lipinski definition) is 4. The van der Waals surface area contributed by atoms with Crippen LogP contribution in [-0.4, -0.2) is 24.4 Å². The molecule has 0 radical (unpaired) electrons. The molecule has 0 spiro atoms. The molecule has 0 heterocycles. The minimum atomic E-state index is -0.900. The van der Waals surface area contributed by atoms with Crippen molar-refractivity contribution in [3.05, 3.63) is 36.4 Å². The van der Waals surface area contributed by atoms with Gasteiger partial charge in [-0.15, -0.1) is 0 Å². The second kappa shape index (κ2) is 7.98. The smallest absolute Gasteiger partial charge is 0.318 e. The van der Waals surface area contributed by atoms with Crippen molar-refractivity contribution in [3.8, 4) is 0 Å². The van der Waals surface area contributed by atoms with Gasteiger partial charge in [-0.1, -0.05) is 24.3 Å². The van der Waals surface area contributed by atoms with E-state index < -0.39 is 11.9 Å². The lowest BCUT2D eigenvalue weighted by atomic mass is 10.0. The number of amides is 4. The van der Waals surface area contributed by atoms with E-state index in [0.29, 0.717) is 17.8 Å². The number of hydrogen-bond donors (Lipinski definition) is 4. The lowest BCUT2D eigenvalue weighted by molar-refractivity contribution is -0.118. The van der Waals surface area contributed by atoms with Gasteiger partial charge in [0.05, 0.1) is 17.9 Å². The number of rotatable bonds is 6. The first-order valence-corrected chi connectivity index (χ1v) is 7.43. The van der Waals surface area contributed by atoms with Gasteiger partial charge in [-0.2, -0.15) is 0 Å². The van der Waals surface area contributed by atoms with Crippen LogP contribution in [0.4, 0.5) is 16.2 Å². The minimum Gasteiger partial charge on any atom is -0.374 e. The van der Waals surface area contributed by atoms with Crippen LogP contribution >= 0.6 is 0 Å². The predicted octanol–water partition coefficient (Wildman–Crippen LogP) is 1.59. The third-order valence-electron chi connectivity index (χ3n) is 3.46. The third-order valence-corrected chi connectivity index (χ3v) is 3.46. The van der Waals surface area contributed by atoms with Gasteiger partial charge < -0.3 is 16.4 Å². The average Bonchev–Trinajstić information content (AvgIpc) is 2.98. The monoisotopic (exact) mass is 316 g/mol. The highest BCUT2D eigenvalue weighted by Crippen LogP contribution is 2.24. The van der Waals surface area contributed by atoms with Crippen LogP contribution in [0.3, 0.4) is 0 Å². The molecule has 1 unspecified atom stereocenters. The molecule has 1 aromatic carbocycles. The number of primary amides is 1. The zero-order chi connectivity index (χ0) is 16.7. The van der Waals surface area contributed by atoms with Gasteiger partial charge in [0.25, 0.3) is 0 Å². The van der Waals surface area contributed by atoms with Crippen molar-refractivity contribution < 1.29 is 14.4 Å². The first-order chi connectivity index (χ1) is 11.0. The van der Waals surface area contributed by atoms with Gasteiger partial charge in [0, 0.05) is 6.42 Å². The molecule has 1 atom stereocenters. The van der Waals surface area contributed by atoms with Gasteiger partial charge in [-0.3, -0.25) is 14.9 Å². The molecule has 0 bridgehead atoms. The maximum absolute atomic E-state index is 12.1. The number of carbonyl (C=O) groups excluding carboxylic acids is 3. The summed E-state index contributed by atoms with van der Waals surface area (Å²) in [5.41, 5.74) is 6.06. The number of para-hydroxylation sites is 2. The van der Waals surface area contributed by atoms with Gasteiger partial charge in [-0.25, -0.2) is 4.79 Å². The minimum absolute atomic E-state index is 0.0719. The molecule has 1 aromatic rings. The van der Waals surface area contributed by atoms with Crippen LogP contribution in [0.25, 0.3) is 0 Å². The van der Waals surface area contributed by atoms with Crippen molar-refractivity contribution in [1.82, 2.24) is 5.32 Å². The first kappa shape index (κ1) is 16.5. The summed E-state index contributed by atoms with van der Waals surface area (Å²) < 4.78 is 0. The summed E-state index contributed by atoms with van der Waals surface area (Å²) in [4.78, 5) is 34.1. The van der Waals surface area contributed by atoms with E-state index in [1.807, 2.05) is 5.32 Å². The fraction of sp³-hybridized carbons (Fsp3) is 0.312. The fourth-order valence-corrected chi connectivity index (χ4v) is 2.41. The molecule has 5 N–H and O–H groups in total. The van der Waals surface area contributed by atoms with Gasteiger partial charge in [0.2, 0.25) is 11.8 Å². The topological polar surface area (TPSA) is 113 Å². The highest BCUT2D eigenvalue weighted by atomic mass is 16.2. The van der Waals surface area contributed by atoms with Crippen molar-refractivity contribution in [2.24, 2.45) is 11.7 Å². The first-order valence-electron chi connectivity index (χ1n) is 7.43. The largest absolute Gasteiger partial charge is 0.374 e. The second-order valence-electron chi connectivity index (χ2n) is 5.33. The number of nitrogens with two attached hydrogens (primary N) is 1. The van der Waals surface area contributed by atoms with Crippen molar-refractivity contribution >= 4 is 29.2 Å². The van der Waals surface area contributed by atoms with Crippen LogP contribution in [0.5, 0.6) is 0 Å². The Kier molecular flexibility index (Phi) is 5.74. The molecule has 0 saturated carbocycles. The summed E-state index contributed by atoms with van der Waals surface area (Å²) in [5, 5.41) is 7.68. The highest BCUT2D eigenvalue weighted by Gasteiger charge is 2.15. The van der Waals surface area contributed by atoms with Gasteiger partial charge >= 0.3 is 6.03 Å². The Morgan fingerprint density at radius 2 is 1.87 bits per heavy atom. The zero-order valence-corrected chi connectivity index (χ0v) is 12.7. The van der Waals surface area contributed by atoms with Crippen molar-refractivity contribution in [1.29, 1.82) is 0 Å². The normalized spacial score (nSPS) is 15.9. The van der Waals surface area contributed by atoms with Crippen molar-refractivity contribution in [2.45, 2.75) is 19.3 Å². The molecule has 23 heavy (non-hydrogen) atoms. The fourth-order valence-electron chi connectivity index (χ4n) is 2.41. The number of nitrogens with one attached hydrogen (secondary N) is 3. The molecule has 4 amide bonds. The van der Waals surface area contributed by atoms with E-state index in [0.717, 1.165) is 12.8 Å². The second-order valence-corrected chi connectivity index (χ2v) is 5.33. The number of imide groups is 1. The van der Waals surface area contributed by atoms with E-state index in [4.69, 9.17) is 5.73 Å². The Bertz CT molecular complexity index is 628. The van der Waals surface area contributed by atoms with Gasteiger partial charge in [-0.05, 0) is 30.9 Å². The molecule has 1 aliphatic carbocycles. The maximum Gasteiger partial charge on any atom is 0.318 e. The van der Waals surface area contributed by atoms with Crippen molar-refractivity contribution in [3.63, 3.8) is 0 Å². The Morgan fingerprint density at radius 1 is 1.13 bits per heavy atom. The Balaban J connectivity index is 1.91. The summed E-state index contributed by atoms with van der Waals surface area (Å²) in [6.45, 7) is -0.124. The van der Waals surface area contributed by atoms with Crippen LogP contribution < -0.4 is 21.7 Å². The summed E-state index contributed by atoms with van der Waals surface area (Å²) in [6.07, 6.45) is 6.61. The van der Waals surface area contributed by atoms with Gasteiger partial charge in [0.1, 0.15) is 0 Å². The zero-order valence-electron chi connectivity index (χ0n) is 12.7. The number of anilines is 2. The standard InChI is InChI=1S/C16H20N4O3/c17-16(23)20-15(22)10-18-12-7-3-4-8-13(12)19-14(21)9-11-5-1-2-6-11/h1,3-5,7-8,11,18H,2,6,9-10H2,(H,19,21)(H3,17,20,22,23). The van der Waals surface area contributed by atoms with Crippen molar-refractivity contribution in [2.75, 3.05) is 17.2 Å². The van der Waals surface area contributed by atoms with Gasteiger partial charge in [0.15, 0.2) is 0 Å². The Morgan fingerprint density at radius 3 is 2.52 bits per heavy atom. The van der Waals surface area contributed by atoms with Crippen LogP contribution in [0.2, 0.25) is 0 Å². The van der Waals surface area contributed by atoms with Crippen LogP contribution in [0.15, 0.2) is 36.4 Å². The lowest BCUT2D eigenvalue weighted by Crippen LogP contribution is -2.38. The number of urea groups is 1. The van der Waals surface area contributed by atoms with Crippen LogP contribution in [-0.2, 0) is 9.59 Å². The van der Waals surface area contributed by atoms with E-state index in [-0.39, 0.29) is 18.4 Å².